The normalized spacial score (nSPS) is 10.2. The highest BCUT2D eigenvalue weighted by Gasteiger charge is 2.10. The number of hydrogen-bond acceptors (Lipinski definition) is 2. The number of para-hydroxylation sites is 1. The molecule has 0 bridgehead atoms. The zero-order valence-electron chi connectivity index (χ0n) is 10.4. The van der Waals surface area contributed by atoms with E-state index in [4.69, 9.17) is 9.84 Å². The summed E-state index contributed by atoms with van der Waals surface area (Å²) in [5.41, 5.74) is 1.69. The number of hydrogen-bond donors (Lipinski definition) is 1. The van der Waals surface area contributed by atoms with Gasteiger partial charge in [-0.15, -0.1) is 0 Å². The van der Waals surface area contributed by atoms with E-state index in [1.54, 1.807) is 24.3 Å². The van der Waals surface area contributed by atoms with E-state index in [0.29, 0.717) is 5.56 Å². The fourth-order valence-corrected chi connectivity index (χ4v) is 1.72. The summed E-state index contributed by atoms with van der Waals surface area (Å²) < 4.78 is 18.6. The molecule has 0 aromatic heterocycles. The lowest BCUT2D eigenvalue weighted by Crippen LogP contribution is -2.04. The SMILES string of the molecule is Cc1ccc(F)cc1COc1ccccc1C(=O)O. The molecule has 0 radical (unpaired) electrons. The third kappa shape index (κ3) is 3.10. The summed E-state index contributed by atoms with van der Waals surface area (Å²) in [5.74, 6) is -1.11. The Bertz CT molecular complexity index is 608. The number of carboxylic acids is 1. The van der Waals surface area contributed by atoms with Gasteiger partial charge in [-0.1, -0.05) is 18.2 Å². The minimum Gasteiger partial charge on any atom is -0.488 e. The van der Waals surface area contributed by atoms with Crippen molar-refractivity contribution in [3.8, 4) is 5.75 Å². The highest BCUT2D eigenvalue weighted by molar-refractivity contribution is 5.90. The zero-order chi connectivity index (χ0) is 13.8. The van der Waals surface area contributed by atoms with Crippen molar-refractivity contribution < 1.29 is 19.0 Å². The average molecular weight is 260 g/mol. The maximum Gasteiger partial charge on any atom is 0.339 e. The van der Waals surface area contributed by atoms with E-state index in [9.17, 15) is 9.18 Å². The van der Waals surface area contributed by atoms with Crippen molar-refractivity contribution in [3.05, 3.63) is 65.0 Å². The van der Waals surface area contributed by atoms with Gasteiger partial charge in [-0.25, -0.2) is 9.18 Å². The Hall–Kier alpha value is -2.36. The monoisotopic (exact) mass is 260 g/mol. The first kappa shape index (κ1) is 13.1. The number of carboxylic acid groups (broad SMARTS) is 1. The number of ether oxygens (including phenoxy) is 1. The minimum atomic E-state index is -1.05. The highest BCUT2D eigenvalue weighted by Crippen LogP contribution is 2.20. The van der Waals surface area contributed by atoms with Crippen molar-refractivity contribution >= 4 is 5.97 Å². The second kappa shape index (κ2) is 5.52. The van der Waals surface area contributed by atoms with Gasteiger partial charge < -0.3 is 9.84 Å². The summed E-state index contributed by atoms with van der Waals surface area (Å²) in [4.78, 5) is 11.0. The standard InChI is InChI=1S/C15H13FO3/c1-10-6-7-12(16)8-11(10)9-19-14-5-3-2-4-13(14)15(17)18/h2-8H,9H2,1H3,(H,17,18). The predicted octanol–water partition coefficient (Wildman–Crippen LogP) is 3.41. The summed E-state index contributed by atoms with van der Waals surface area (Å²) in [7, 11) is 0. The van der Waals surface area contributed by atoms with Crippen molar-refractivity contribution in [2.75, 3.05) is 0 Å². The van der Waals surface area contributed by atoms with E-state index in [-0.39, 0.29) is 23.7 Å². The molecule has 0 aliphatic rings. The summed E-state index contributed by atoms with van der Waals surface area (Å²) in [6, 6.07) is 10.8. The molecule has 0 unspecified atom stereocenters. The molecule has 98 valence electrons. The lowest BCUT2D eigenvalue weighted by atomic mass is 10.1. The molecule has 0 amide bonds. The molecule has 0 saturated heterocycles. The molecule has 2 aromatic rings. The highest BCUT2D eigenvalue weighted by atomic mass is 19.1. The van der Waals surface area contributed by atoms with Crippen LogP contribution in [0.4, 0.5) is 4.39 Å². The van der Waals surface area contributed by atoms with E-state index in [0.717, 1.165) is 5.56 Å². The molecule has 4 heteroatoms. The smallest absolute Gasteiger partial charge is 0.339 e. The van der Waals surface area contributed by atoms with Crippen LogP contribution in [0.25, 0.3) is 0 Å². The lowest BCUT2D eigenvalue weighted by molar-refractivity contribution is 0.0691. The third-order valence-electron chi connectivity index (χ3n) is 2.81. The van der Waals surface area contributed by atoms with E-state index in [2.05, 4.69) is 0 Å². The average Bonchev–Trinajstić information content (AvgIpc) is 2.40. The van der Waals surface area contributed by atoms with Crippen LogP contribution in [-0.2, 0) is 6.61 Å². The molecule has 2 rings (SSSR count). The Morgan fingerprint density at radius 3 is 2.74 bits per heavy atom. The number of rotatable bonds is 4. The van der Waals surface area contributed by atoms with Crippen molar-refractivity contribution in [1.29, 1.82) is 0 Å². The second-order valence-electron chi connectivity index (χ2n) is 4.16. The fourth-order valence-electron chi connectivity index (χ4n) is 1.72. The minimum absolute atomic E-state index is 0.0940. The Balaban J connectivity index is 2.19. The molecule has 0 saturated carbocycles. The van der Waals surface area contributed by atoms with Crippen LogP contribution in [0.2, 0.25) is 0 Å². The van der Waals surface area contributed by atoms with Gasteiger partial charge in [0.2, 0.25) is 0 Å². The Morgan fingerprint density at radius 2 is 2.00 bits per heavy atom. The largest absolute Gasteiger partial charge is 0.488 e. The Kier molecular flexibility index (Phi) is 3.80. The van der Waals surface area contributed by atoms with Crippen LogP contribution >= 0.6 is 0 Å². The Morgan fingerprint density at radius 1 is 1.26 bits per heavy atom. The van der Waals surface area contributed by atoms with Gasteiger partial charge in [0.1, 0.15) is 23.7 Å². The number of benzene rings is 2. The van der Waals surface area contributed by atoms with Gasteiger partial charge >= 0.3 is 5.97 Å². The van der Waals surface area contributed by atoms with Crippen LogP contribution < -0.4 is 4.74 Å². The molecule has 2 aromatic carbocycles. The first-order chi connectivity index (χ1) is 9.08. The quantitative estimate of drug-likeness (QED) is 0.916. The molecule has 0 spiro atoms. The van der Waals surface area contributed by atoms with Gasteiger partial charge in [0.25, 0.3) is 0 Å². The summed E-state index contributed by atoms with van der Waals surface area (Å²) in [6.45, 7) is 1.98. The van der Waals surface area contributed by atoms with Crippen LogP contribution in [0.5, 0.6) is 5.75 Å². The Labute approximate surface area is 110 Å². The molecule has 0 fully saturated rings. The topological polar surface area (TPSA) is 46.5 Å². The molecule has 0 aliphatic carbocycles. The first-order valence-electron chi connectivity index (χ1n) is 5.78. The third-order valence-corrected chi connectivity index (χ3v) is 2.81. The van der Waals surface area contributed by atoms with Crippen LogP contribution in [0.3, 0.4) is 0 Å². The van der Waals surface area contributed by atoms with Crippen molar-refractivity contribution in [1.82, 2.24) is 0 Å². The maximum atomic E-state index is 13.1. The van der Waals surface area contributed by atoms with E-state index < -0.39 is 5.97 Å². The van der Waals surface area contributed by atoms with Crippen molar-refractivity contribution in [2.45, 2.75) is 13.5 Å². The second-order valence-corrected chi connectivity index (χ2v) is 4.16. The van der Waals surface area contributed by atoms with Gasteiger partial charge in [-0.3, -0.25) is 0 Å². The first-order valence-corrected chi connectivity index (χ1v) is 5.78. The van der Waals surface area contributed by atoms with Gasteiger partial charge in [0, 0.05) is 0 Å². The van der Waals surface area contributed by atoms with Crippen LogP contribution in [0.1, 0.15) is 21.5 Å². The van der Waals surface area contributed by atoms with Crippen LogP contribution in [0, 0.1) is 12.7 Å². The number of halogens is 1. The summed E-state index contributed by atoms with van der Waals surface area (Å²) in [6.07, 6.45) is 0. The number of aryl methyl sites for hydroxylation is 1. The molecule has 1 N–H and O–H groups in total. The fraction of sp³-hybridized carbons (Fsp3) is 0.133. The van der Waals surface area contributed by atoms with Crippen molar-refractivity contribution in [2.24, 2.45) is 0 Å². The molecular formula is C15H13FO3. The zero-order valence-corrected chi connectivity index (χ0v) is 10.4. The summed E-state index contributed by atoms with van der Waals surface area (Å²) >= 11 is 0. The molecule has 0 aliphatic heterocycles. The van der Waals surface area contributed by atoms with Gasteiger partial charge in [0.15, 0.2) is 0 Å². The number of aromatic carboxylic acids is 1. The van der Waals surface area contributed by atoms with Crippen LogP contribution in [0.15, 0.2) is 42.5 Å². The van der Waals surface area contributed by atoms with Gasteiger partial charge in [-0.2, -0.15) is 0 Å². The van der Waals surface area contributed by atoms with Crippen LogP contribution in [-0.4, -0.2) is 11.1 Å². The molecule has 19 heavy (non-hydrogen) atoms. The van der Waals surface area contributed by atoms with E-state index in [1.165, 1.54) is 18.2 Å². The molecule has 0 atom stereocenters. The number of carbonyl (C=O) groups is 1. The predicted molar refractivity (Wildman–Crippen MR) is 68.9 cm³/mol. The maximum absolute atomic E-state index is 13.1. The van der Waals surface area contributed by atoms with E-state index >= 15 is 0 Å². The van der Waals surface area contributed by atoms with Crippen molar-refractivity contribution in [3.63, 3.8) is 0 Å². The lowest BCUT2D eigenvalue weighted by Gasteiger charge is -2.10. The molecule has 3 nitrogen and oxygen atoms in total. The molecule has 0 heterocycles. The van der Waals surface area contributed by atoms with Gasteiger partial charge in [0.05, 0.1) is 0 Å². The molecular weight excluding hydrogens is 247 g/mol. The van der Waals surface area contributed by atoms with Gasteiger partial charge in [-0.05, 0) is 42.3 Å². The van der Waals surface area contributed by atoms with E-state index in [1.807, 2.05) is 6.92 Å². The summed E-state index contributed by atoms with van der Waals surface area (Å²) in [5, 5.41) is 9.02.